The van der Waals surface area contributed by atoms with Gasteiger partial charge in [-0.05, 0) is 18.6 Å². The topological polar surface area (TPSA) is 58.0 Å². The Hall–Kier alpha value is -2.41. The molecule has 0 amide bonds. The highest BCUT2D eigenvalue weighted by Gasteiger charge is 2.14. The van der Waals surface area contributed by atoms with E-state index in [0.717, 1.165) is 11.4 Å². The van der Waals surface area contributed by atoms with Crippen molar-refractivity contribution >= 4 is 11.5 Å². The van der Waals surface area contributed by atoms with E-state index >= 15 is 0 Å². The van der Waals surface area contributed by atoms with Crippen molar-refractivity contribution in [3.05, 3.63) is 47.2 Å². The van der Waals surface area contributed by atoms with Gasteiger partial charge in [-0.3, -0.25) is 0 Å². The Balaban J connectivity index is 2.44. The number of hydrogen-bond acceptors (Lipinski definition) is 3. The Kier molecular flexibility index (Phi) is 3.48. The van der Waals surface area contributed by atoms with Crippen molar-refractivity contribution in [3.8, 4) is 6.07 Å². The molecular formula is C15H18N4. The number of nitrogens with zero attached hydrogens (tertiary/aromatic N) is 3. The molecule has 0 fully saturated rings. The fourth-order valence-corrected chi connectivity index (χ4v) is 2.19. The van der Waals surface area contributed by atoms with E-state index in [-0.39, 0.29) is 0 Å². The number of nitrogen functional groups attached to an aromatic ring is 1. The maximum Gasteiger partial charge on any atom is 0.133 e. The Morgan fingerprint density at radius 3 is 2.42 bits per heavy atom. The first-order valence-electron chi connectivity index (χ1n) is 6.15. The summed E-state index contributed by atoms with van der Waals surface area (Å²) in [5, 5.41) is 9.22. The minimum absolute atomic E-state index is 0.585. The number of aromatic nitrogens is 1. The van der Waals surface area contributed by atoms with E-state index in [0.29, 0.717) is 17.9 Å². The van der Waals surface area contributed by atoms with Crippen molar-refractivity contribution in [2.24, 2.45) is 0 Å². The number of nitriles is 1. The highest BCUT2D eigenvalue weighted by atomic mass is 15.2. The van der Waals surface area contributed by atoms with Crippen LogP contribution in [0.3, 0.4) is 0 Å². The molecule has 0 saturated carbocycles. The van der Waals surface area contributed by atoms with Crippen LogP contribution in [-0.2, 0) is 6.54 Å². The maximum absolute atomic E-state index is 9.22. The second kappa shape index (κ2) is 5.07. The predicted molar refractivity (Wildman–Crippen MR) is 78.2 cm³/mol. The molecule has 0 spiro atoms. The van der Waals surface area contributed by atoms with E-state index < -0.39 is 0 Å². The zero-order valence-electron chi connectivity index (χ0n) is 11.5. The third kappa shape index (κ3) is 2.55. The zero-order valence-corrected chi connectivity index (χ0v) is 11.5. The van der Waals surface area contributed by atoms with Gasteiger partial charge in [-0.15, -0.1) is 0 Å². The molecule has 4 nitrogen and oxygen atoms in total. The van der Waals surface area contributed by atoms with Crippen LogP contribution >= 0.6 is 0 Å². The first-order valence-corrected chi connectivity index (χ1v) is 6.15. The van der Waals surface area contributed by atoms with Gasteiger partial charge in [0.1, 0.15) is 17.6 Å². The van der Waals surface area contributed by atoms with Crippen LogP contribution < -0.4 is 10.6 Å². The molecule has 0 unspecified atom stereocenters. The first-order chi connectivity index (χ1) is 9.02. The fraction of sp³-hybridized carbons (Fsp3) is 0.267. The average molecular weight is 254 g/mol. The summed E-state index contributed by atoms with van der Waals surface area (Å²) < 4.78 is 1.94. The monoisotopic (exact) mass is 254 g/mol. The normalized spacial score (nSPS) is 10.2. The van der Waals surface area contributed by atoms with Crippen molar-refractivity contribution in [3.63, 3.8) is 0 Å². The molecule has 2 N–H and O–H groups in total. The third-order valence-electron chi connectivity index (χ3n) is 3.10. The van der Waals surface area contributed by atoms with Gasteiger partial charge in [-0.1, -0.05) is 29.8 Å². The molecule has 0 aliphatic heterocycles. The molecule has 0 aliphatic rings. The van der Waals surface area contributed by atoms with Gasteiger partial charge in [0.25, 0.3) is 0 Å². The van der Waals surface area contributed by atoms with Crippen LogP contribution in [0, 0.1) is 18.3 Å². The van der Waals surface area contributed by atoms with Crippen LogP contribution in [-0.4, -0.2) is 18.7 Å². The van der Waals surface area contributed by atoms with Gasteiger partial charge in [-0.2, -0.15) is 5.26 Å². The van der Waals surface area contributed by atoms with Crippen molar-refractivity contribution in [1.29, 1.82) is 5.26 Å². The van der Waals surface area contributed by atoms with Gasteiger partial charge in [-0.25, -0.2) is 0 Å². The molecule has 1 aromatic heterocycles. The second-order valence-corrected chi connectivity index (χ2v) is 4.89. The number of benzene rings is 1. The molecule has 2 rings (SSSR count). The number of nitrogens with two attached hydrogens (primary N) is 1. The Bertz CT molecular complexity index is 615. The highest BCUT2D eigenvalue weighted by molar-refractivity contribution is 5.67. The highest BCUT2D eigenvalue weighted by Crippen LogP contribution is 2.27. The largest absolute Gasteiger partial charge is 0.396 e. The summed E-state index contributed by atoms with van der Waals surface area (Å²) >= 11 is 0. The minimum Gasteiger partial charge on any atom is -0.396 e. The fourth-order valence-electron chi connectivity index (χ4n) is 2.19. The SMILES string of the molecule is Cc1ccc(Cn2c(C#N)cc(N)c2N(C)C)cc1. The van der Waals surface area contributed by atoms with Crippen LogP contribution in [0.5, 0.6) is 0 Å². The summed E-state index contributed by atoms with van der Waals surface area (Å²) in [4.78, 5) is 1.93. The molecule has 0 bridgehead atoms. The zero-order chi connectivity index (χ0) is 14.0. The van der Waals surface area contributed by atoms with Crippen molar-refractivity contribution in [2.45, 2.75) is 13.5 Å². The van der Waals surface area contributed by atoms with Crippen LogP contribution in [0.25, 0.3) is 0 Å². The minimum atomic E-state index is 0.585. The summed E-state index contributed by atoms with van der Waals surface area (Å²) in [6.07, 6.45) is 0. The summed E-state index contributed by atoms with van der Waals surface area (Å²) in [6.45, 7) is 2.71. The van der Waals surface area contributed by atoms with Crippen molar-refractivity contribution in [2.75, 3.05) is 24.7 Å². The van der Waals surface area contributed by atoms with Crippen LogP contribution in [0.15, 0.2) is 30.3 Å². The number of hydrogen-bond donors (Lipinski definition) is 1. The standard InChI is InChI=1S/C15H18N4/c1-11-4-6-12(7-5-11)10-19-13(9-16)8-14(17)15(19)18(2)3/h4-8H,10,17H2,1-3H3. The van der Waals surface area contributed by atoms with E-state index in [1.807, 2.05) is 23.6 Å². The Morgan fingerprint density at radius 2 is 1.89 bits per heavy atom. The number of aryl methyl sites for hydroxylation is 1. The van der Waals surface area contributed by atoms with E-state index in [2.05, 4.69) is 37.3 Å². The Labute approximate surface area is 113 Å². The van der Waals surface area contributed by atoms with Gasteiger partial charge in [0.15, 0.2) is 0 Å². The maximum atomic E-state index is 9.22. The van der Waals surface area contributed by atoms with Gasteiger partial charge >= 0.3 is 0 Å². The smallest absolute Gasteiger partial charge is 0.133 e. The van der Waals surface area contributed by atoms with Crippen molar-refractivity contribution < 1.29 is 0 Å². The summed E-state index contributed by atoms with van der Waals surface area (Å²) in [5.41, 5.74) is 9.58. The lowest BCUT2D eigenvalue weighted by Gasteiger charge is -2.18. The molecule has 0 saturated heterocycles. The Morgan fingerprint density at radius 1 is 1.26 bits per heavy atom. The number of anilines is 2. The lowest BCUT2D eigenvalue weighted by Crippen LogP contribution is -2.17. The molecule has 1 heterocycles. The molecule has 19 heavy (non-hydrogen) atoms. The van der Waals surface area contributed by atoms with Gasteiger partial charge in [0.2, 0.25) is 0 Å². The van der Waals surface area contributed by atoms with Gasteiger partial charge in [0.05, 0.1) is 12.2 Å². The molecule has 2 aromatic rings. The van der Waals surface area contributed by atoms with Crippen LogP contribution in [0.1, 0.15) is 16.8 Å². The molecule has 0 aliphatic carbocycles. The van der Waals surface area contributed by atoms with E-state index in [1.165, 1.54) is 5.56 Å². The van der Waals surface area contributed by atoms with Gasteiger partial charge in [0, 0.05) is 14.1 Å². The summed E-state index contributed by atoms with van der Waals surface area (Å²) in [5.74, 6) is 0.872. The molecule has 4 heteroatoms. The lowest BCUT2D eigenvalue weighted by molar-refractivity contribution is 0.778. The second-order valence-electron chi connectivity index (χ2n) is 4.89. The lowest BCUT2D eigenvalue weighted by atomic mass is 10.1. The van der Waals surface area contributed by atoms with Crippen molar-refractivity contribution in [1.82, 2.24) is 4.57 Å². The first kappa shape index (κ1) is 13.0. The quantitative estimate of drug-likeness (QED) is 0.914. The molecule has 98 valence electrons. The molecule has 0 radical (unpaired) electrons. The summed E-state index contributed by atoms with van der Waals surface area (Å²) in [6, 6.07) is 12.2. The third-order valence-corrected chi connectivity index (χ3v) is 3.10. The molecule has 1 aromatic carbocycles. The average Bonchev–Trinajstić information content (AvgIpc) is 2.68. The number of rotatable bonds is 3. The van der Waals surface area contributed by atoms with E-state index in [9.17, 15) is 5.26 Å². The molecular weight excluding hydrogens is 236 g/mol. The predicted octanol–water partition coefficient (Wildman–Crippen LogP) is 2.36. The van der Waals surface area contributed by atoms with Gasteiger partial charge < -0.3 is 15.2 Å². The van der Waals surface area contributed by atoms with Crippen LogP contribution in [0.4, 0.5) is 11.5 Å². The van der Waals surface area contributed by atoms with E-state index in [4.69, 9.17) is 5.73 Å². The summed E-state index contributed by atoms with van der Waals surface area (Å²) in [7, 11) is 3.86. The van der Waals surface area contributed by atoms with Crippen LogP contribution in [0.2, 0.25) is 0 Å². The molecule has 0 atom stereocenters. The van der Waals surface area contributed by atoms with E-state index in [1.54, 1.807) is 6.07 Å².